The summed E-state index contributed by atoms with van der Waals surface area (Å²) >= 11 is 3.38. The van der Waals surface area contributed by atoms with E-state index in [1.165, 1.54) is 6.92 Å². The number of hydrogen-bond acceptors (Lipinski definition) is 7. The number of anilines is 1. The fourth-order valence-electron chi connectivity index (χ4n) is 7.07. The first-order chi connectivity index (χ1) is 21.0. The molecule has 226 valence electrons. The Hall–Kier alpha value is -3.99. The topological polar surface area (TPSA) is 123 Å². The van der Waals surface area contributed by atoms with Gasteiger partial charge in [0.15, 0.2) is 5.78 Å². The van der Waals surface area contributed by atoms with Crippen molar-refractivity contribution in [2.45, 2.75) is 78.4 Å². The fraction of sp³-hybridized carbons (Fsp3) is 0.424. The average Bonchev–Trinajstić information content (AvgIpc) is 3.83. The van der Waals surface area contributed by atoms with Crippen LogP contribution in [0.25, 0.3) is 22.0 Å². The molecule has 4 aromatic rings. The molecule has 44 heavy (non-hydrogen) atoms. The molecule has 4 heterocycles. The zero-order valence-corrected chi connectivity index (χ0v) is 27.0. The van der Waals surface area contributed by atoms with Crippen LogP contribution in [-0.4, -0.2) is 59.3 Å². The monoisotopic (exact) mass is 655 g/mol. The molecule has 2 saturated carbocycles. The number of halogens is 1. The number of piperidine rings is 1. The van der Waals surface area contributed by atoms with Crippen LogP contribution in [0.4, 0.5) is 5.82 Å². The van der Waals surface area contributed by atoms with Crippen molar-refractivity contribution in [3.8, 4) is 11.1 Å². The number of aromatic nitrogens is 5. The van der Waals surface area contributed by atoms with E-state index in [1.54, 1.807) is 22.0 Å². The summed E-state index contributed by atoms with van der Waals surface area (Å²) in [5.74, 6) is 1.18. The third-order valence-corrected chi connectivity index (χ3v) is 10.3. The van der Waals surface area contributed by atoms with Gasteiger partial charge in [-0.25, -0.2) is 15.0 Å². The number of hydrogen-bond donors (Lipinski definition) is 1. The Morgan fingerprint density at radius 2 is 1.82 bits per heavy atom. The Balaban J connectivity index is 1.25. The molecule has 1 aliphatic heterocycles. The number of Topliss-reactive ketones (excluding diaryl/α,β-unsaturated/α-hetero) is 1. The number of carbonyl (C=O) groups excluding carboxylic acids is 3. The van der Waals surface area contributed by atoms with E-state index in [0.717, 1.165) is 46.0 Å². The van der Waals surface area contributed by atoms with Gasteiger partial charge in [-0.05, 0) is 101 Å². The summed E-state index contributed by atoms with van der Waals surface area (Å²) < 4.78 is 2.31. The molecule has 0 bridgehead atoms. The van der Waals surface area contributed by atoms with Crippen molar-refractivity contribution in [2.24, 2.45) is 11.3 Å². The number of carbonyl (C=O) groups is 3. The SMILES string of the molecule is CC(=O)c1nn(CC(=O)N2[C@H]3[C@@H](C)[C@@]3(C)C[C@H]2C(=O)Nc2nc(Br)ccc2C)c2c(C3CC3)cc(-c3cnc(C)nc3)cc12. The van der Waals surface area contributed by atoms with Crippen LogP contribution in [0.5, 0.6) is 0 Å². The Morgan fingerprint density at radius 1 is 1.09 bits per heavy atom. The Labute approximate surface area is 263 Å². The summed E-state index contributed by atoms with van der Waals surface area (Å²) in [5, 5.41) is 8.42. The lowest BCUT2D eigenvalue weighted by Crippen LogP contribution is -2.47. The largest absolute Gasteiger partial charge is 0.325 e. The standard InChI is InChI=1S/C33H34BrN7O3/c1-16-6-9-26(34)37-31(16)38-32(44)25-12-33(5)17(2)30(33)41(25)27(43)15-40-29-23(20-7-8-20)10-21(22-13-35-19(4)36-14-22)11-24(29)28(39-40)18(3)42/h6,9-11,13-14,17,20,25,30H,7-8,12,15H2,1-5H3,(H,37,38,44)/t17-,25+,30+,33-/m1/s1. The molecule has 3 fully saturated rings. The maximum atomic E-state index is 14.2. The first-order valence-corrected chi connectivity index (χ1v) is 15.8. The summed E-state index contributed by atoms with van der Waals surface area (Å²) in [7, 11) is 0. The molecule has 11 heteroatoms. The van der Waals surface area contributed by atoms with Gasteiger partial charge < -0.3 is 10.2 Å². The number of aryl methyl sites for hydroxylation is 2. The van der Waals surface area contributed by atoms with Gasteiger partial charge >= 0.3 is 0 Å². The molecule has 7 rings (SSSR count). The summed E-state index contributed by atoms with van der Waals surface area (Å²) in [6, 6.07) is 7.13. The highest BCUT2D eigenvalue weighted by Gasteiger charge is 2.70. The zero-order chi connectivity index (χ0) is 31.1. The number of ketones is 1. The van der Waals surface area contributed by atoms with Crippen molar-refractivity contribution in [1.82, 2.24) is 29.6 Å². The van der Waals surface area contributed by atoms with Crippen LogP contribution in [0.3, 0.4) is 0 Å². The van der Waals surface area contributed by atoms with Crippen LogP contribution in [0, 0.1) is 25.2 Å². The van der Waals surface area contributed by atoms with Crippen LogP contribution in [0.2, 0.25) is 0 Å². The van der Waals surface area contributed by atoms with Crippen molar-refractivity contribution in [2.75, 3.05) is 5.32 Å². The van der Waals surface area contributed by atoms with E-state index >= 15 is 0 Å². The summed E-state index contributed by atoms with van der Waals surface area (Å²) in [6.07, 6.45) is 6.23. The second kappa shape index (κ2) is 10.3. The lowest BCUT2D eigenvalue weighted by molar-refractivity contribution is -0.138. The molecule has 0 radical (unpaired) electrons. The van der Waals surface area contributed by atoms with Crippen LogP contribution in [0.1, 0.15) is 73.4 Å². The second-order valence-corrected chi connectivity index (χ2v) is 13.7. The van der Waals surface area contributed by atoms with Gasteiger partial charge in [0.2, 0.25) is 11.8 Å². The third-order valence-electron chi connectivity index (χ3n) is 9.87. The molecule has 3 aromatic heterocycles. The molecule has 1 saturated heterocycles. The van der Waals surface area contributed by atoms with Crippen molar-refractivity contribution in [3.05, 3.63) is 63.9 Å². The van der Waals surface area contributed by atoms with E-state index in [-0.39, 0.29) is 41.5 Å². The fourth-order valence-corrected chi connectivity index (χ4v) is 7.38. The minimum absolute atomic E-state index is 0.0348. The minimum Gasteiger partial charge on any atom is -0.325 e. The first-order valence-electron chi connectivity index (χ1n) is 15.1. The van der Waals surface area contributed by atoms with Gasteiger partial charge in [-0.15, -0.1) is 0 Å². The van der Waals surface area contributed by atoms with Gasteiger partial charge in [0, 0.05) is 36.3 Å². The smallest absolute Gasteiger partial charge is 0.248 e. The molecular formula is C33H34BrN7O3. The third kappa shape index (κ3) is 4.72. The van der Waals surface area contributed by atoms with Crippen LogP contribution in [0.15, 0.2) is 41.3 Å². The normalized spacial score (nSPS) is 24.0. The average molecular weight is 657 g/mol. The molecule has 4 atom stereocenters. The maximum absolute atomic E-state index is 14.2. The van der Waals surface area contributed by atoms with E-state index in [9.17, 15) is 14.4 Å². The molecule has 0 spiro atoms. The zero-order valence-electron chi connectivity index (χ0n) is 25.4. The molecule has 3 aliphatic rings. The predicted octanol–water partition coefficient (Wildman–Crippen LogP) is 5.61. The Morgan fingerprint density at radius 3 is 2.50 bits per heavy atom. The van der Waals surface area contributed by atoms with Gasteiger partial charge in [0.05, 0.1) is 5.52 Å². The van der Waals surface area contributed by atoms with E-state index in [1.807, 2.05) is 32.0 Å². The van der Waals surface area contributed by atoms with Crippen LogP contribution >= 0.6 is 15.9 Å². The number of pyridine rings is 1. The summed E-state index contributed by atoms with van der Waals surface area (Å²) in [4.78, 5) is 55.7. The number of benzene rings is 1. The number of likely N-dealkylation sites (tertiary alicyclic amines) is 1. The van der Waals surface area contributed by atoms with Crippen molar-refractivity contribution in [3.63, 3.8) is 0 Å². The van der Waals surface area contributed by atoms with E-state index < -0.39 is 6.04 Å². The van der Waals surface area contributed by atoms with Crippen molar-refractivity contribution in [1.29, 1.82) is 0 Å². The van der Waals surface area contributed by atoms with E-state index in [2.05, 4.69) is 56.1 Å². The minimum atomic E-state index is -0.626. The Kier molecular flexibility index (Phi) is 6.73. The van der Waals surface area contributed by atoms with E-state index in [0.29, 0.717) is 34.3 Å². The Bertz CT molecular complexity index is 1870. The molecule has 2 amide bonds. The van der Waals surface area contributed by atoms with Crippen LogP contribution in [-0.2, 0) is 16.1 Å². The lowest BCUT2D eigenvalue weighted by atomic mass is 9.98. The first kappa shape index (κ1) is 28.8. The highest BCUT2D eigenvalue weighted by molar-refractivity contribution is 9.10. The second-order valence-electron chi connectivity index (χ2n) is 12.9. The van der Waals surface area contributed by atoms with Crippen molar-refractivity contribution < 1.29 is 14.4 Å². The summed E-state index contributed by atoms with van der Waals surface area (Å²) in [6.45, 7) is 9.46. The highest BCUT2D eigenvalue weighted by atomic mass is 79.9. The lowest BCUT2D eigenvalue weighted by Gasteiger charge is -2.28. The van der Waals surface area contributed by atoms with Gasteiger partial charge in [-0.2, -0.15) is 5.10 Å². The molecule has 2 aliphatic carbocycles. The highest BCUT2D eigenvalue weighted by Crippen LogP contribution is 2.64. The number of rotatable bonds is 7. The predicted molar refractivity (Wildman–Crippen MR) is 169 cm³/mol. The number of nitrogens with one attached hydrogen (secondary N) is 1. The maximum Gasteiger partial charge on any atom is 0.248 e. The van der Waals surface area contributed by atoms with Gasteiger partial charge in [0.1, 0.15) is 34.5 Å². The molecule has 1 N–H and O–H groups in total. The van der Waals surface area contributed by atoms with Gasteiger partial charge in [-0.3, -0.25) is 19.1 Å². The van der Waals surface area contributed by atoms with Gasteiger partial charge in [0.25, 0.3) is 0 Å². The quantitative estimate of drug-likeness (QED) is 0.203. The van der Waals surface area contributed by atoms with Gasteiger partial charge in [-0.1, -0.05) is 19.9 Å². The van der Waals surface area contributed by atoms with Crippen molar-refractivity contribution >= 4 is 50.2 Å². The summed E-state index contributed by atoms with van der Waals surface area (Å²) in [5.41, 5.74) is 4.71. The molecular weight excluding hydrogens is 622 g/mol. The molecule has 1 aromatic carbocycles. The van der Waals surface area contributed by atoms with Crippen LogP contribution < -0.4 is 5.32 Å². The molecule has 10 nitrogen and oxygen atoms in total. The van der Waals surface area contributed by atoms with E-state index in [4.69, 9.17) is 5.10 Å². The number of fused-ring (bicyclic) bond motifs is 2. The number of amides is 2. The number of nitrogens with zero attached hydrogens (tertiary/aromatic N) is 6. The molecule has 0 unspecified atom stereocenters.